The lowest BCUT2D eigenvalue weighted by Crippen LogP contribution is -2.35. The van der Waals surface area contributed by atoms with Gasteiger partial charge in [0.05, 0.1) is 12.1 Å². The van der Waals surface area contributed by atoms with Gasteiger partial charge in [-0.25, -0.2) is 9.78 Å². The Balaban J connectivity index is 2.82. The summed E-state index contributed by atoms with van der Waals surface area (Å²) in [4.78, 5) is 27.7. The van der Waals surface area contributed by atoms with Gasteiger partial charge >= 0.3 is 5.97 Å². The highest BCUT2D eigenvalue weighted by atomic mass is 16.4. The number of amides is 1. The summed E-state index contributed by atoms with van der Waals surface area (Å²) >= 11 is 0. The second-order valence-electron chi connectivity index (χ2n) is 3.40. The normalized spacial score (nSPS) is 9.76. The van der Waals surface area contributed by atoms with Crippen molar-refractivity contribution < 1.29 is 14.7 Å². The number of carbonyl (C=O) groups is 2. The number of aromatic carboxylic acids is 1. The molecule has 6 heteroatoms. The van der Waals surface area contributed by atoms with Crippen LogP contribution in [0.15, 0.2) is 18.3 Å². The number of aromatic nitrogens is 1. The Morgan fingerprint density at radius 2 is 2.18 bits per heavy atom. The molecule has 1 amide bonds. The average Bonchev–Trinajstić information content (AvgIpc) is 2.35. The Labute approximate surface area is 99.3 Å². The highest BCUT2D eigenvalue weighted by Crippen LogP contribution is 2.10. The Kier molecular flexibility index (Phi) is 4.45. The highest BCUT2D eigenvalue weighted by Gasteiger charge is 2.10. The van der Waals surface area contributed by atoms with Crippen LogP contribution < -0.4 is 10.2 Å². The number of hydrogen-bond acceptors (Lipinski definition) is 4. The number of likely N-dealkylation sites (N-methyl/N-ethyl adjacent to an activating group) is 2. The summed E-state index contributed by atoms with van der Waals surface area (Å²) in [5.74, 6) is -0.546. The first-order chi connectivity index (χ1) is 8.08. The van der Waals surface area contributed by atoms with Crippen LogP contribution in [0.4, 0.5) is 5.82 Å². The SMILES string of the molecule is CCN(CC(=O)NC)c1ccc(C(=O)O)cn1. The molecule has 1 aromatic rings. The van der Waals surface area contributed by atoms with Gasteiger partial charge < -0.3 is 15.3 Å². The van der Waals surface area contributed by atoms with Crippen molar-refractivity contribution in [3.63, 3.8) is 0 Å². The number of anilines is 1. The van der Waals surface area contributed by atoms with Crippen LogP contribution in [0, 0.1) is 0 Å². The lowest BCUT2D eigenvalue weighted by molar-refractivity contribution is -0.119. The van der Waals surface area contributed by atoms with Crippen molar-refractivity contribution in [1.82, 2.24) is 10.3 Å². The van der Waals surface area contributed by atoms with E-state index in [0.29, 0.717) is 12.4 Å². The maximum absolute atomic E-state index is 11.3. The summed E-state index contributed by atoms with van der Waals surface area (Å²) in [5.41, 5.74) is 0.129. The molecule has 0 saturated carbocycles. The first-order valence-corrected chi connectivity index (χ1v) is 5.23. The number of nitrogens with one attached hydrogen (secondary N) is 1. The van der Waals surface area contributed by atoms with Gasteiger partial charge in [0, 0.05) is 19.8 Å². The van der Waals surface area contributed by atoms with Crippen molar-refractivity contribution in [2.75, 3.05) is 25.0 Å². The van der Waals surface area contributed by atoms with Crippen LogP contribution in [0.25, 0.3) is 0 Å². The number of carboxylic acids is 1. The molecule has 0 spiro atoms. The van der Waals surface area contributed by atoms with E-state index in [-0.39, 0.29) is 18.0 Å². The van der Waals surface area contributed by atoms with Crippen LogP contribution in [0.2, 0.25) is 0 Å². The van der Waals surface area contributed by atoms with Gasteiger partial charge in [-0.2, -0.15) is 0 Å². The van der Waals surface area contributed by atoms with E-state index in [1.54, 1.807) is 18.0 Å². The van der Waals surface area contributed by atoms with Crippen molar-refractivity contribution in [3.05, 3.63) is 23.9 Å². The predicted octanol–water partition coefficient (Wildman–Crippen LogP) is 0.352. The van der Waals surface area contributed by atoms with E-state index >= 15 is 0 Å². The zero-order valence-electron chi connectivity index (χ0n) is 9.80. The Morgan fingerprint density at radius 3 is 2.59 bits per heavy atom. The fourth-order valence-electron chi connectivity index (χ4n) is 1.31. The molecule has 0 bridgehead atoms. The van der Waals surface area contributed by atoms with Gasteiger partial charge in [0.1, 0.15) is 5.82 Å². The standard InChI is InChI=1S/C11H15N3O3/c1-3-14(7-10(15)12-2)9-5-4-8(6-13-9)11(16)17/h4-6H,3,7H2,1-2H3,(H,12,15)(H,16,17). The zero-order chi connectivity index (χ0) is 12.8. The molecule has 17 heavy (non-hydrogen) atoms. The van der Waals surface area contributed by atoms with Crippen molar-refractivity contribution in [2.45, 2.75) is 6.92 Å². The van der Waals surface area contributed by atoms with E-state index in [4.69, 9.17) is 5.11 Å². The lowest BCUT2D eigenvalue weighted by atomic mass is 10.3. The van der Waals surface area contributed by atoms with Crippen LogP contribution in [-0.4, -0.2) is 42.1 Å². The average molecular weight is 237 g/mol. The van der Waals surface area contributed by atoms with Crippen molar-refractivity contribution >= 4 is 17.7 Å². The van der Waals surface area contributed by atoms with E-state index in [9.17, 15) is 9.59 Å². The first kappa shape index (κ1) is 13.0. The van der Waals surface area contributed by atoms with Crippen molar-refractivity contribution in [3.8, 4) is 0 Å². The molecule has 0 aliphatic rings. The summed E-state index contributed by atoms with van der Waals surface area (Å²) in [7, 11) is 1.57. The monoisotopic (exact) mass is 237 g/mol. The lowest BCUT2D eigenvalue weighted by Gasteiger charge is -2.20. The van der Waals surface area contributed by atoms with Gasteiger partial charge in [-0.1, -0.05) is 0 Å². The molecule has 1 rings (SSSR count). The smallest absolute Gasteiger partial charge is 0.337 e. The Morgan fingerprint density at radius 1 is 1.47 bits per heavy atom. The van der Waals surface area contributed by atoms with Crippen LogP contribution in [0.1, 0.15) is 17.3 Å². The largest absolute Gasteiger partial charge is 0.478 e. The molecular formula is C11H15N3O3. The zero-order valence-corrected chi connectivity index (χ0v) is 9.80. The van der Waals surface area contributed by atoms with Gasteiger partial charge in [0.2, 0.25) is 5.91 Å². The second kappa shape index (κ2) is 5.83. The van der Waals surface area contributed by atoms with Gasteiger partial charge in [-0.05, 0) is 19.1 Å². The van der Waals surface area contributed by atoms with Gasteiger partial charge in [-0.3, -0.25) is 4.79 Å². The van der Waals surface area contributed by atoms with Crippen LogP contribution >= 0.6 is 0 Å². The third kappa shape index (κ3) is 3.44. The molecule has 0 aromatic carbocycles. The molecule has 1 aromatic heterocycles. The minimum absolute atomic E-state index is 0.115. The molecule has 92 valence electrons. The highest BCUT2D eigenvalue weighted by molar-refractivity contribution is 5.87. The maximum Gasteiger partial charge on any atom is 0.337 e. The number of pyridine rings is 1. The second-order valence-corrected chi connectivity index (χ2v) is 3.40. The molecule has 2 N–H and O–H groups in total. The van der Waals surface area contributed by atoms with E-state index in [1.165, 1.54) is 12.3 Å². The Bertz CT molecular complexity index is 403. The number of nitrogens with zero attached hydrogens (tertiary/aromatic N) is 2. The summed E-state index contributed by atoms with van der Waals surface area (Å²) < 4.78 is 0. The van der Waals surface area contributed by atoms with Gasteiger partial charge in [-0.15, -0.1) is 0 Å². The molecule has 0 atom stereocenters. The molecule has 0 aliphatic heterocycles. The van der Waals surface area contributed by atoms with Gasteiger partial charge in [0.25, 0.3) is 0 Å². The van der Waals surface area contributed by atoms with Crippen LogP contribution in [0.5, 0.6) is 0 Å². The topological polar surface area (TPSA) is 82.5 Å². The third-order valence-corrected chi connectivity index (χ3v) is 2.31. The number of carbonyl (C=O) groups excluding carboxylic acids is 1. The molecule has 0 unspecified atom stereocenters. The van der Waals surface area contributed by atoms with E-state index < -0.39 is 5.97 Å². The quantitative estimate of drug-likeness (QED) is 0.772. The summed E-state index contributed by atoms with van der Waals surface area (Å²) in [6.07, 6.45) is 1.28. The Hall–Kier alpha value is -2.11. The predicted molar refractivity (Wildman–Crippen MR) is 63.2 cm³/mol. The van der Waals surface area contributed by atoms with E-state index in [2.05, 4.69) is 10.3 Å². The van der Waals surface area contributed by atoms with Crippen molar-refractivity contribution in [1.29, 1.82) is 0 Å². The molecular weight excluding hydrogens is 222 g/mol. The number of hydrogen-bond donors (Lipinski definition) is 2. The molecule has 0 fully saturated rings. The minimum atomic E-state index is -1.02. The molecule has 1 heterocycles. The summed E-state index contributed by atoms with van der Waals surface area (Å²) in [6.45, 7) is 2.72. The van der Waals surface area contributed by atoms with E-state index in [0.717, 1.165) is 0 Å². The minimum Gasteiger partial charge on any atom is -0.478 e. The number of carboxylic acid groups (broad SMARTS) is 1. The number of rotatable bonds is 5. The van der Waals surface area contributed by atoms with Crippen molar-refractivity contribution in [2.24, 2.45) is 0 Å². The van der Waals surface area contributed by atoms with Crippen LogP contribution in [0.3, 0.4) is 0 Å². The molecule has 6 nitrogen and oxygen atoms in total. The third-order valence-electron chi connectivity index (χ3n) is 2.31. The van der Waals surface area contributed by atoms with E-state index in [1.807, 2.05) is 6.92 Å². The first-order valence-electron chi connectivity index (χ1n) is 5.23. The fraction of sp³-hybridized carbons (Fsp3) is 0.364. The van der Waals surface area contributed by atoms with Crippen LogP contribution in [-0.2, 0) is 4.79 Å². The van der Waals surface area contributed by atoms with Gasteiger partial charge in [0.15, 0.2) is 0 Å². The summed E-state index contributed by atoms with van der Waals surface area (Å²) in [5, 5.41) is 11.3. The fourth-order valence-corrected chi connectivity index (χ4v) is 1.31. The molecule has 0 radical (unpaired) electrons. The maximum atomic E-state index is 11.3. The molecule has 0 aliphatic carbocycles. The molecule has 0 saturated heterocycles. The summed E-state index contributed by atoms with van der Waals surface area (Å²) in [6, 6.07) is 3.06.